The molecule has 0 aliphatic heterocycles. The molecule has 0 spiro atoms. The summed E-state index contributed by atoms with van der Waals surface area (Å²) < 4.78 is 21.2. The van der Waals surface area contributed by atoms with E-state index in [1.807, 2.05) is 24.3 Å². The fourth-order valence-electron chi connectivity index (χ4n) is 3.28. The van der Waals surface area contributed by atoms with Gasteiger partial charge in [-0.2, -0.15) is 0 Å². The fourth-order valence-corrected chi connectivity index (χ4v) is 3.28. The van der Waals surface area contributed by atoms with E-state index in [9.17, 15) is 18.3 Å². The molecule has 0 bridgehead atoms. The van der Waals surface area contributed by atoms with E-state index in [2.05, 4.69) is 47.7 Å². The van der Waals surface area contributed by atoms with Crippen molar-refractivity contribution < 1.29 is 18.3 Å². The predicted molar refractivity (Wildman–Crippen MR) is 133 cm³/mol. The lowest BCUT2D eigenvalue weighted by molar-refractivity contribution is 0.0923. The van der Waals surface area contributed by atoms with E-state index in [4.69, 9.17) is 0 Å². The molecule has 180 valence electrons. The quantitative estimate of drug-likeness (QED) is 0.506. The zero-order valence-corrected chi connectivity index (χ0v) is 21.2. The highest BCUT2D eigenvalue weighted by molar-refractivity contribution is 7.89. The van der Waals surface area contributed by atoms with E-state index in [1.54, 1.807) is 13.1 Å². The van der Waals surface area contributed by atoms with Gasteiger partial charge in [0.1, 0.15) is 9.84 Å². The van der Waals surface area contributed by atoms with Crippen LogP contribution in [0.5, 0.6) is 0 Å². The molecule has 2 heterocycles. The Morgan fingerprint density at radius 3 is 2.27 bits per heavy atom. The number of nitrogens with one attached hydrogen (secondary N) is 2. The van der Waals surface area contributed by atoms with Gasteiger partial charge in [-0.05, 0) is 57.4 Å². The average Bonchev–Trinajstić information content (AvgIpc) is 2.98. The Hall–Kier alpha value is -2.91. The number of carbonyl (C=O) groups is 1. The molecule has 33 heavy (non-hydrogen) atoms. The molecule has 3 N–H and O–H groups in total. The van der Waals surface area contributed by atoms with Crippen LogP contribution in [0.4, 0.5) is 5.69 Å². The number of rotatable bonds is 6. The second-order valence-electron chi connectivity index (χ2n) is 8.54. The highest BCUT2D eigenvalue weighted by Gasteiger charge is 2.15. The Kier molecular flexibility index (Phi) is 8.63. The molecule has 0 aliphatic carbocycles. The van der Waals surface area contributed by atoms with Crippen molar-refractivity contribution in [1.82, 2.24) is 14.7 Å². The zero-order valence-electron chi connectivity index (χ0n) is 20.4. The summed E-state index contributed by atoms with van der Waals surface area (Å²) in [6.07, 6.45) is 3.53. The van der Waals surface area contributed by atoms with Gasteiger partial charge in [-0.15, -0.1) is 0 Å². The SMILES string of the molecule is CS(C)(=O)=O.Cc1cccc(C)c1CNc1cc(C(=O)NC[C@H](C)O)cn2c(C)c(C)nc12. The number of carbonyl (C=O) groups excluding carboxylic acids is 1. The van der Waals surface area contributed by atoms with Crippen LogP contribution in [0.1, 0.15) is 45.4 Å². The monoisotopic (exact) mass is 474 g/mol. The summed E-state index contributed by atoms with van der Waals surface area (Å²) >= 11 is 0. The Bertz CT molecular complexity index is 1220. The molecule has 0 saturated carbocycles. The molecular formula is C24H34N4O4S. The summed E-state index contributed by atoms with van der Waals surface area (Å²) in [5, 5.41) is 15.7. The minimum absolute atomic E-state index is 0.212. The lowest BCUT2D eigenvalue weighted by Crippen LogP contribution is -2.30. The van der Waals surface area contributed by atoms with Crippen LogP contribution >= 0.6 is 0 Å². The third kappa shape index (κ3) is 7.57. The van der Waals surface area contributed by atoms with E-state index in [0.717, 1.165) is 35.2 Å². The summed E-state index contributed by atoms with van der Waals surface area (Å²) in [7, 11) is -2.67. The maximum absolute atomic E-state index is 12.6. The van der Waals surface area contributed by atoms with Gasteiger partial charge in [-0.25, -0.2) is 13.4 Å². The normalized spacial score (nSPS) is 12.1. The highest BCUT2D eigenvalue weighted by Crippen LogP contribution is 2.24. The summed E-state index contributed by atoms with van der Waals surface area (Å²) in [6, 6.07) is 8.08. The number of nitrogens with zero attached hydrogens (tertiary/aromatic N) is 2. The number of hydrogen-bond acceptors (Lipinski definition) is 6. The molecule has 2 aromatic heterocycles. The second-order valence-corrected chi connectivity index (χ2v) is 10.8. The van der Waals surface area contributed by atoms with Crippen LogP contribution in [0.3, 0.4) is 0 Å². The Labute approximate surface area is 196 Å². The first kappa shape index (κ1) is 26.3. The topological polar surface area (TPSA) is 113 Å². The van der Waals surface area contributed by atoms with E-state index >= 15 is 0 Å². The highest BCUT2D eigenvalue weighted by atomic mass is 32.2. The first-order chi connectivity index (χ1) is 15.3. The van der Waals surface area contributed by atoms with Crippen LogP contribution in [0.2, 0.25) is 0 Å². The summed E-state index contributed by atoms with van der Waals surface area (Å²) in [6.45, 7) is 10.7. The maximum Gasteiger partial charge on any atom is 0.252 e. The Morgan fingerprint density at radius 2 is 1.73 bits per heavy atom. The van der Waals surface area contributed by atoms with Crippen molar-refractivity contribution in [2.75, 3.05) is 24.4 Å². The van der Waals surface area contributed by atoms with Gasteiger partial charge in [-0.3, -0.25) is 4.79 Å². The smallest absolute Gasteiger partial charge is 0.252 e. The average molecular weight is 475 g/mol. The van der Waals surface area contributed by atoms with Crippen LogP contribution in [0.25, 0.3) is 5.65 Å². The van der Waals surface area contributed by atoms with Crippen LogP contribution < -0.4 is 10.6 Å². The molecule has 1 aromatic carbocycles. The van der Waals surface area contributed by atoms with Crippen LogP contribution in [-0.4, -0.2) is 54.0 Å². The first-order valence-electron chi connectivity index (χ1n) is 10.7. The van der Waals surface area contributed by atoms with Crippen LogP contribution in [0.15, 0.2) is 30.5 Å². The number of aromatic nitrogens is 2. The number of fused-ring (bicyclic) bond motifs is 1. The van der Waals surface area contributed by atoms with E-state index in [-0.39, 0.29) is 12.5 Å². The molecule has 3 rings (SSSR count). The van der Waals surface area contributed by atoms with Crippen molar-refractivity contribution in [2.45, 2.75) is 47.3 Å². The second kappa shape index (κ2) is 10.8. The van der Waals surface area contributed by atoms with Crippen molar-refractivity contribution >= 4 is 27.1 Å². The molecule has 0 radical (unpaired) electrons. The lowest BCUT2D eigenvalue weighted by Gasteiger charge is -2.14. The number of benzene rings is 1. The molecule has 3 aromatic rings. The largest absolute Gasteiger partial charge is 0.392 e. The van der Waals surface area contributed by atoms with Crippen molar-refractivity contribution in [3.63, 3.8) is 0 Å². The van der Waals surface area contributed by atoms with Gasteiger partial charge >= 0.3 is 0 Å². The number of hydrogen-bond donors (Lipinski definition) is 3. The number of imidazole rings is 1. The summed E-state index contributed by atoms with van der Waals surface area (Å²) in [5.74, 6) is -0.219. The number of pyridine rings is 1. The lowest BCUT2D eigenvalue weighted by atomic mass is 10.0. The molecule has 0 saturated heterocycles. The zero-order chi connectivity index (χ0) is 24.9. The van der Waals surface area contributed by atoms with Crippen molar-refractivity contribution in [3.05, 3.63) is 64.1 Å². The minimum Gasteiger partial charge on any atom is -0.392 e. The van der Waals surface area contributed by atoms with Gasteiger partial charge in [0.05, 0.1) is 23.0 Å². The molecule has 1 amide bonds. The molecule has 0 unspecified atom stereocenters. The van der Waals surface area contributed by atoms with Gasteiger partial charge < -0.3 is 20.1 Å². The molecule has 1 atom stereocenters. The third-order valence-corrected chi connectivity index (χ3v) is 5.12. The predicted octanol–water partition coefficient (Wildman–Crippen LogP) is 2.95. The van der Waals surface area contributed by atoms with Crippen molar-refractivity contribution in [3.8, 4) is 0 Å². The number of amides is 1. The Balaban J connectivity index is 0.000000696. The molecule has 8 nitrogen and oxygen atoms in total. The minimum atomic E-state index is -2.67. The van der Waals surface area contributed by atoms with Gasteiger partial charge in [0.25, 0.3) is 5.91 Å². The van der Waals surface area contributed by atoms with Crippen molar-refractivity contribution in [1.29, 1.82) is 0 Å². The van der Waals surface area contributed by atoms with Gasteiger partial charge in [-0.1, -0.05) is 18.2 Å². The van der Waals surface area contributed by atoms with E-state index in [0.29, 0.717) is 12.1 Å². The van der Waals surface area contributed by atoms with Crippen molar-refractivity contribution in [2.24, 2.45) is 0 Å². The van der Waals surface area contributed by atoms with Gasteiger partial charge in [0.15, 0.2) is 5.65 Å². The number of sulfone groups is 1. The maximum atomic E-state index is 12.6. The standard InChI is InChI=1S/C22H28N4O2.C2H6O2S/c1-13-7-6-8-14(2)19(13)11-23-20-9-18(22(28)24-10-15(3)27)12-26-17(5)16(4)25-21(20)26;1-5(2,3)4/h6-9,12,15,23,27H,10-11H2,1-5H3,(H,24,28);1-2H3/t15-;/m0./s1. The number of aryl methyl sites for hydroxylation is 4. The van der Waals surface area contributed by atoms with E-state index in [1.165, 1.54) is 16.7 Å². The van der Waals surface area contributed by atoms with Gasteiger partial charge in [0, 0.05) is 37.5 Å². The number of anilines is 1. The molecular weight excluding hydrogens is 440 g/mol. The van der Waals surface area contributed by atoms with Crippen LogP contribution in [0, 0.1) is 27.7 Å². The number of aliphatic hydroxyl groups excluding tert-OH is 1. The van der Waals surface area contributed by atoms with Gasteiger partial charge in [0.2, 0.25) is 0 Å². The molecule has 9 heteroatoms. The third-order valence-electron chi connectivity index (χ3n) is 5.12. The van der Waals surface area contributed by atoms with Crippen LogP contribution in [-0.2, 0) is 16.4 Å². The molecule has 0 fully saturated rings. The molecule has 0 aliphatic rings. The van der Waals surface area contributed by atoms with E-state index < -0.39 is 15.9 Å². The number of aliphatic hydroxyl groups is 1. The summed E-state index contributed by atoms with van der Waals surface area (Å²) in [4.78, 5) is 17.2. The fraction of sp³-hybridized carbons (Fsp3) is 0.417. The summed E-state index contributed by atoms with van der Waals surface area (Å²) in [5.41, 5.74) is 7.75. The Morgan fingerprint density at radius 1 is 1.15 bits per heavy atom. The first-order valence-corrected chi connectivity index (χ1v) is 13.0.